The molecule has 1 N–H and O–H groups in total. The van der Waals surface area contributed by atoms with Gasteiger partial charge in [0.1, 0.15) is 24.2 Å². The SMILES string of the molecule is CS(=O)(=O)N(CC(=O)N(Cc1ccccc1F)C(Cc1ccccc1)C(=O)NC1CCCC1)c1ccc(F)c(Cl)c1. The van der Waals surface area contributed by atoms with E-state index in [0.29, 0.717) is 0 Å². The van der Waals surface area contributed by atoms with E-state index >= 15 is 0 Å². The number of sulfonamides is 1. The average molecular weight is 604 g/mol. The summed E-state index contributed by atoms with van der Waals surface area (Å²) in [6.07, 6.45) is 4.63. The third kappa shape index (κ3) is 8.04. The maximum Gasteiger partial charge on any atom is 0.244 e. The molecule has 41 heavy (non-hydrogen) atoms. The number of nitrogens with one attached hydrogen (secondary N) is 1. The monoisotopic (exact) mass is 603 g/mol. The zero-order valence-corrected chi connectivity index (χ0v) is 24.2. The number of halogens is 3. The molecule has 4 rings (SSSR count). The van der Waals surface area contributed by atoms with Gasteiger partial charge in [0.05, 0.1) is 17.0 Å². The first-order chi connectivity index (χ1) is 19.5. The maximum atomic E-state index is 14.8. The van der Waals surface area contributed by atoms with E-state index in [4.69, 9.17) is 11.6 Å². The number of carbonyl (C=O) groups excluding carboxylic acids is 2. The van der Waals surface area contributed by atoms with Crippen molar-refractivity contribution in [3.05, 3.63) is 101 Å². The molecule has 3 aromatic carbocycles. The van der Waals surface area contributed by atoms with Gasteiger partial charge in [-0.3, -0.25) is 13.9 Å². The molecule has 218 valence electrons. The maximum absolute atomic E-state index is 14.8. The quantitative estimate of drug-likeness (QED) is 0.331. The van der Waals surface area contributed by atoms with Gasteiger partial charge in [0, 0.05) is 24.6 Å². The molecule has 1 fully saturated rings. The van der Waals surface area contributed by atoms with Gasteiger partial charge < -0.3 is 10.2 Å². The number of carbonyl (C=O) groups is 2. The van der Waals surface area contributed by atoms with Crippen molar-refractivity contribution in [3.63, 3.8) is 0 Å². The minimum absolute atomic E-state index is 0.0203. The second-order valence-electron chi connectivity index (χ2n) is 10.2. The van der Waals surface area contributed by atoms with Crippen molar-refractivity contribution in [2.24, 2.45) is 0 Å². The van der Waals surface area contributed by atoms with Gasteiger partial charge in [0.2, 0.25) is 21.8 Å². The van der Waals surface area contributed by atoms with Crippen molar-refractivity contribution in [1.82, 2.24) is 10.2 Å². The van der Waals surface area contributed by atoms with E-state index in [2.05, 4.69) is 5.32 Å². The van der Waals surface area contributed by atoms with E-state index < -0.39 is 46.1 Å². The van der Waals surface area contributed by atoms with Crippen LogP contribution in [0, 0.1) is 11.6 Å². The molecule has 0 heterocycles. The topological polar surface area (TPSA) is 86.8 Å². The van der Waals surface area contributed by atoms with E-state index in [1.807, 2.05) is 30.3 Å². The largest absolute Gasteiger partial charge is 0.352 e. The van der Waals surface area contributed by atoms with Crippen molar-refractivity contribution in [1.29, 1.82) is 0 Å². The van der Waals surface area contributed by atoms with Crippen LogP contribution in [0.3, 0.4) is 0 Å². The van der Waals surface area contributed by atoms with Crippen LogP contribution < -0.4 is 9.62 Å². The van der Waals surface area contributed by atoms with Gasteiger partial charge in [-0.1, -0.05) is 73.0 Å². The number of nitrogens with zero attached hydrogens (tertiary/aromatic N) is 2. The van der Waals surface area contributed by atoms with Crippen LogP contribution in [0.1, 0.15) is 36.8 Å². The molecule has 1 unspecified atom stereocenters. The fraction of sp³-hybridized carbons (Fsp3) is 0.333. The number of hydrogen-bond donors (Lipinski definition) is 1. The second kappa shape index (κ2) is 13.4. The van der Waals surface area contributed by atoms with Crippen molar-refractivity contribution in [2.75, 3.05) is 17.1 Å². The van der Waals surface area contributed by atoms with Crippen LogP contribution in [-0.2, 0) is 32.6 Å². The lowest BCUT2D eigenvalue weighted by molar-refractivity contribution is -0.140. The predicted molar refractivity (Wildman–Crippen MR) is 155 cm³/mol. The van der Waals surface area contributed by atoms with Crippen LogP contribution in [0.2, 0.25) is 5.02 Å². The normalized spacial score (nSPS) is 14.4. The van der Waals surface area contributed by atoms with Gasteiger partial charge >= 0.3 is 0 Å². The van der Waals surface area contributed by atoms with Crippen LogP contribution in [0.5, 0.6) is 0 Å². The van der Waals surface area contributed by atoms with Crippen LogP contribution in [-0.4, -0.2) is 50.0 Å². The zero-order valence-electron chi connectivity index (χ0n) is 22.6. The summed E-state index contributed by atoms with van der Waals surface area (Å²) in [6, 6.07) is 17.2. The highest BCUT2D eigenvalue weighted by atomic mass is 35.5. The molecule has 0 aromatic heterocycles. The number of benzene rings is 3. The fourth-order valence-corrected chi connectivity index (χ4v) is 6.00. The Labute approximate surface area is 244 Å². The number of hydrogen-bond acceptors (Lipinski definition) is 4. The highest BCUT2D eigenvalue weighted by molar-refractivity contribution is 7.92. The molecule has 3 aromatic rings. The van der Waals surface area contributed by atoms with Gasteiger partial charge in [-0.25, -0.2) is 17.2 Å². The summed E-state index contributed by atoms with van der Waals surface area (Å²) >= 11 is 5.91. The number of anilines is 1. The van der Waals surface area contributed by atoms with Gasteiger partial charge in [-0.15, -0.1) is 0 Å². The van der Waals surface area contributed by atoms with E-state index in [-0.39, 0.29) is 35.3 Å². The molecule has 1 aliphatic rings. The Kier molecular flexibility index (Phi) is 9.99. The molecule has 11 heteroatoms. The average Bonchev–Trinajstić information content (AvgIpc) is 3.44. The van der Waals surface area contributed by atoms with E-state index in [1.54, 1.807) is 6.07 Å². The Hall–Kier alpha value is -3.50. The van der Waals surface area contributed by atoms with Crippen LogP contribution in [0.15, 0.2) is 72.8 Å². The summed E-state index contributed by atoms with van der Waals surface area (Å²) in [6.45, 7) is -0.986. The van der Waals surface area contributed by atoms with Gasteiger partial charge in [0.25, 0.3) is 0 Å². The predicted octanol–water partition coefficient (Wildman–Crippen LogP) is 5.08. The number of rotatable bonds is 11. The van der Waals surface area contributed by atoms with E-state index in [1.165, 1.54) is 29.2 Å². The summed E-state index contributed by atoms with van der Waals surface area (Å²) in [4.78, 5) is 29.0. The molecule has 0 spiro atoms. The zero-order chi connectivity index (χ0) is 29.6. The van der Waals surface area contributed by atoms with Crippen molar-refractivity contribution < 1.29 is 26.8 Å². The fourth-order valence-electron chi connectivity index (χ4n) is 4.99. The third-order valence-electron chi connectivity index (χ3n) is 7.14. The first-order valence-corrected chi connectivity index (χ1v) is 15.6. The van der Waals surface area contributed by atoms with Crippen LogP contribution in [0.4, 0.5) is 14.5 Å². The molecule has 0 aliphatic heterocycles. The molecule has 1 saturated carbocycles. The molecule has 7 nitrogen and oxygen atoms in total. The molecular weight excluding hydrogens is 572 g/mol. The molecule has 1 aliphatic carbocycles. The van der Waals surface area contributed by atoms with Crippen molar-refractivity contribution >= 4 is 39.1 Å². The summed E-state index contributed by atoms with van der Waals surface area (Å²) in [5, 5.41) is 2.73. The minimum atomic E-state index is -4.05. The lowest BCUT2D eigenvalue weighted by Crippen LogP contribution is -2.54. The Morgan fingerprint density at radius 3 is 2.27 bits per heavy atom. The molecule has 0 bridgehead atoms. The summed E-state index contributed by atoms with van der Waals surface area (Å²) in [5.74, 6) is -2.45. The van der Waals surface area contributed by atoms with Gasteiger partial charge in [0.15, 0.2) is 0 Å². The molecular formula is C30H32ClF2N3O4S. The van der Waals surface area contributed by atoms with Gasteiger partial charge in [-0.05, 0) is 42.7 Å². The lowest BCUT2D eigenvalue weighted by Gasteiger charge is -2.34. The van der Waals surface area contributed by atoms with E-state index in [0.717, 1.165) is 53.9 Å². The molecule has 0 radical (unpaired) electrons. The van der Waals surface area contributed by atoms with Crippen LogP contribution in [0.25, 0.3) is 0 Å². The first kappa shape index (κ1) is 30.5. The summed E-state index contributed by atoms with van der Waals surface area (Å²) in [5.41, 5.74) is 0.923. The Morgan fingerprint density at radius 2 is 1.63 bits per heavy atom. The van der Waals surface area contributed by atoms with Crippen LogP contribution >= 0.6 is 11.6 Å². The third-order valence-corrected chi connectivity index (χ3v) is 8.57. The smallest absolute Gasteiger partial charge is 0.244 e. The first-order valence-electron chi connectivity index (χ1n) is 13.3. The molecule has 0 saturated heterocycles. The highest BCUT2D eigenvalue weighted by Gasteiger charge is 2.34. The van der Waals surface area contributed by atoms with Crippen molar-refractivity contribution in [2.45, 2.75) is 50.7 Å². The summed E-state index contributed by atoms with van der Waals surface area (Å²) < 4.78 is 55.1. The second-order valence-corrected chi connectivity index (χ2v) is 12.5. The Bertz CT molecular complexity index is 1480. The van der Waals surface area contributed by atoms with Crippen molar-refractivity contribution in [3.8, 4) is 0 Å². The van der Waals surface area contributed by atoms with Gasteiger partial charge in [-0.2, -0.15) is 0 Å². The van der Waals surface area contributed by atoms with E-state index in [9.17, 15) is 26.8 Å². The standard InChI is InChI=1S/C30H32ClF2N3O4S/c1-41(39,40)36(24-15-16-27(33)25(31)18-24)20-29(37)35(19-22-11-5-8-14-26(22)32)28(17-21-9-3-2-4-10-21)30(38)34-23-12-6-7-13-23/h2-5,8-11,14-16,18,23,28H,6-7,12-13,17,19-20H2,1H3,(H,34,38). The summed E-state index contributed by atoms with van der Waals surface area (Å²) in [7, 11) is -4.05. The Balaban J connectivity index is 1.74. The lowest BCUT2D eigenvalue weighted by atomic mass is 10.0. The number of amides is 2. The molecule has 2 amide bonds. The molecule has 1 atom stereocenters. The Morgan fingerprint density at radius 1 is 0.976 bits per heavy atom. The highest BCUT2D eigenvalue weighted by Crippen LogP contribution is 2.26. The minimum Gasteiger partial charge on any atom is -0.352 e.